The zero-order valence-electron chi connectivity index (χ0n) is 22.5. The van der Waals surface area contributed by atoms with E-state index in [4.69, 9.17) is 4.74 Å². The molecule has 0 bridgehead atoms. The van der Waals surface area contributed by atoms with E-state index in [9.17, 15) is 4.79 Å². The van der Waals surface area contributed by atoms with Gasteiger partial charge >= 0.3 is 0 Å². The first-order valence-electron chi connectivity index (χ1n) is 12.9. The molecule has 5 rings (SSSR count). The number of fused-ring (bicyclic) bond motifs is 1. The Morgan fingerprint density at radius 3 is 2.85 bits per heavy atom. The lowest BCUT2D eigenvalue weighted by atomic mass is 10.0. The molecule has 204 valence electrons. The molecule has 3 heterocycles. The van der Waals surface area contributed by atoms with Crippen molar-refractivity contribution >= 4 is 46.8 Å². The summed E-state index contributed by atoms with van der Waals surface area (Å²) in [6, 6.07) is 12.0. The summed E-state index contributed by atoms with van der Waals surface area (Å²) in [4.78, 5) is 27.1. The Kier molecular flexibility index (Phi) is 7.81. The molecule has 0 saturated carbocycles. The molecule has 0 radical (unpaired) electrons. The van der Waals surface area contributed by atoms with E-state index in [1.807, 2.05) is 38.2 Å². The van der Waals surface area contributed by atoms with Crippen molar-refractivity contribution in [3.8, 4) is 5.75 Å². The van der Waals surface area contributed by atoms with Gasteiger partial charge in [0, 0.05) is 49.0 Å². The zero-order chi connectivity index (χ0) is 28.1. The van der Waals surface area contributed by atoms with Crippen LogP contribution < -0.4 is 20.3 Å². The van der Waals surface area contributed by atoms with Crippen molar-refractivity contribution in [2.24, 2.45) is 12.0 Å². The molecule has 1 atom stereocenters. The van der Waals surface area contributed by atoms with Crippen molar-refractivity contribution in [1.29, 1.82) is 0 Å². The molecular weight excluding hydrogens is 506 g/mol. The van der Waals surface area contributed by atoms with Crippen LogP contribution in [0.4, 0.5) is 17.2 Å². The van der Waals surface area contributed by atoms with Crippen LogP contribution in [0.3, 0.4) is 0 Å². The molecule has 0 spiro atoms. The van der Waals surface area contributed by atoms with E-state index in [1.54, 1.807) is 23.3 Å². The number of aliphatic imine (C=N–C) groups is 1. The SMILES string of the molecule is C=CC(=O)N[C@@H]1CCCN(c2ccc3ncnc(Nc4ccc(O/C(=C/c5nncn5C)N=C)c(C)c4)c3c2)C1. The van der Waals surface area contributed by atoms with Crippen LogP contribution >= 0.6 is 0 Å². The number of benzene rings is 2. The summed E-state index contributed by atoms with van der Waals surface area (Å²) in [6.07, 6.45) is 8.07. The maximum Gasteiger partial charge on any atom is 0.243 e. The van der Waals surface area contributed by atoms with E-state index in [0.717, 1.165) is 53.8 Å². The minimum absolute atomic E-state index is 0.0790. The summed E-state index contributed by atoms with van der Waals surface area (Å²) < 4.78 is 7.74. The highest BCUT2D eigenvalue weighted by molar-refractivity contribution is 5.93. The number of amides is 1. The van der Waals surface area contributed by atoms with Gasteiger partial charge in [0.05, 0.1) is 5.52 Å². The van der Waals surface area contributed by atoms with Gasteiger partial charge in [-0.25, -0.2) is 15.0 Å². The number of rotatable bonds is 9. The van der Waals surface area contributed by atoms with E-state index in [1.165, 1.54) is 6.08 Å². The highest BCUT2D eigenvalue weighted by atomic mass is 16.5. The van der Waals surface area contributed by atoms with Crippen LogP contribution in [-0.2, 0) is 11.8 Å². The zero-order valence-corrected chi connectivity index (χ0v) is 22.5. The van der Waals surface area contributed by atoms with Crippen molar-refractivity contribution in [3.63, 3.8) is 0 Å². The Bertz CT molecular complexity index is 1590. The number of carbonyl (C=O) groups is 1. The average Bonchev–Trinajstić information content (AvgIpc) is 3.37. The second-order valence-electron chi connectivity index (χ2n) is 9.57. The predicted octanol–water partition coefficient (Wildman–Crippen LogP) is 4.16. The molecule has 2 aromatic carbocycles. The van der Waals surface area contributed by atoms with Crippen molar-refractivity contribution in [2.45, 2.75) is 25.8 Å². The van der Waals surface area contributed by atoms with Gasteiger partial charge in [0.15, 0.2) is 5.82 Å². The van der Waals surface area contributed by atoms with Crippen molar-refractivity contribution < 1.29 is 9.53 Å². The lowest BCUT2D eigenvalue weighted by molar-refractivity contribution is -0.117. The number of nitrogens with one attached hydrogen (secondary N) is 2. The van der Waals surface area contributed by atoms with E-state index >= 15 is 0 Å². The minimum Gasteiger partial charge on any atom is -0.439 e. The van der Waals surface area contributed by atoms with Gasteiger partial charge in [0.1, 0.15) is 24.2 Å². The number of aryl methyl sites for hydroxylation is 2. The maximum atomic E-state index is 11.8. The average molecular weight is 538 g/mol. The molecule has 0 unspecified atom stereocenters. The topological polar surface area (TPSA) is 122 Å². The first-order valence-corrected chi connectivity index (χ1v) is 12.9. The molecule has 1 aliphatic heterocycles. The molecule has 2 aromatic heterocycles. The van der Waals surface area contributed by atoms with Crippen LogP contribution in [0, 0.1) is 6.92 Å². The largest absolute Gasteiger partial charge is 0.439 e. The Morgan fingerprint density at radius 1 is 1.23 bits per heavy atom. The summed E-state index contributed by atoms with van der Waals surface area (Å²) in [6.45, 7) is 10.8. The molecule has 11 nitrogen and oxygen atoms in total. The quantitative estimate of drug-likeness (QED) is 0.185. The summed E-state index contributed by atoms with van der Waals surface area (Å²) in [5, 5.41) is 15.3. The van der Waals surface area contributed by atoms with Gasteiger partial charge in [-0.15, -0.1) is 10.2 Å². The third-order valence-electron chi connectivity index (χ3n) is 6.74. The number of nitrogens with zero attached hydrogens (tertiary/aromatic N) is 7. The second-order valence-corrected chi connectivity index (χ2v) is 9.57. The van der Waals surface area contributed by atoms with Crippen LogP contribution in [0.2, 0.25) is 0 Å². The molecule has 1 fully saturated rings. The van der Waals surface area contributed by atoms with Gasteiger partial charge in [-0.05, 0) is 74.5 Å². The van der Waals surface area contributed by atoms with E-state index in [0.29, 0.717) is 23.3 Å². The van der Waals surface area contributed by atoms with Crippen LogP contribution in [0.15, 0.2) is 72.6 Å². The third kappa shape index (κ3) is 5.98. The molecule has 1 saturated heterocycles. The lowest BCUT2D eigenvalue weighted by Gasteiger charge is -2.34. The van der Waals surface area contributed by atoms with E-state index in [2.05, 4.69) is 66.1 Å². The molecule has 1 aliphatic rings. The molecule has 4 aromatic rings. The van der Waals surface area contributed by atoms with Gasteiger partial charge in [-0.1, -0.05) is 6.58 Å². The fourth-order valence-electron chi connectivity index (χ4n) is 4.66. The van der Waals surface area contributed by atoms with Gasteiger partial charge in [0.2, 0.25) is 11.8 Å². The summed E-state index contributed by atoms with van der Waals surface area (Å²) in [5.41, 5.74) is 3.65. The van der Waals surface area contributed by atoms with Crippen LogP contribution in [0.25, 0.3) is 17.0 Å². The summed E-state index contributed by atoms with van der Waals surface area (Å²) in [7, 11) is 1.84. The van der Waals surface area contributed by atoms with Crippen LogP contribution in [-0.4, -0.2) is 56.5 Å². The number of hydrogen-bond donors (Lipinski definition) is 2. The van der Waals surface area contributed by atoms with Crippen molar-refractivity contribution in [3.05, 3.63) is 79.0 Å². The first kappa shape index (κ1) is 26.5. The summed E-state index contributed by atoms with van der Waals surface area (Å²) in [5.74, 6) is 2.12. The Hall–Kier alpha value is -5.06. The Labute approximate surface area is 232 Å². The second kappa shape index (κ2) is 11.8. The number of ether oxygens (including phenoxy) is 1. The predicted molar refractivity (Wildman–Crippen MR) is 157 cm³/mol. The fraction of sp³-hybridized carbons (Fsp3) is 0.241. The minimum atomic E-state index is -0.143. The van der Waals surface area contributed by atoms with Gasteiger partial charge < -0.3 is 24.8 Å². The first-order chi connectivity index (χ1) is 19.4. The number of hydrogen-bond acceptors (Lipinski definition) is 9. The highest BCUT2D eigenvalue weighted by Crippen LogP contribution is 2.31. The van der Waals surface area contributed by atoms with Gasteiger partial charge in [-0.3, -0.25) is 4.79 Å². The fourth-order valence-corrected chi connectivity index (χ4v) is 4.66. The lowest BCUT2D eigenvalue weighted by Crippen LogP contribution is -2.47. The number of aromatic nitrogens is 5. The number of anilines is 3. The van der Waals surface area contributed by atoms with E-state index < -0.39 is 0 Å². The van der Waals surface area contributed by atoms with Crippen LogP contribution in [0.1, 0.15) is 24.2 Å². The standard InChI is InChI=1S/C29H31N9O2/c1-5-27(39)34-21-7-6-12-38(16-21)22-9-10-24-23(14-22)29(32-17-31-24)35-20-8-11-25(19(2)13-20)40-28(30-3)15-26-36-33-18-37(26)4/h5,8-11,13-15,17-18,21H,1,3,6-7,12,16H2,2,4H3,(H,34,39)(H,31,32,35)/b28-15+/t21-/m1/s1. The molecule has 40 heavy (non-hydrogen) atoms. The summed E-state index contributed by atoms with van der Waals surface area (Å²) >= 11 is 0. The molecular formula is C29H31N9O2. The number of piperidine rings is 1. The van der Waals surface area contributed by atoms with Gasteiger partial charge in [-0.2, -0.15) is 0 Å². The Morgan fingerprint density at radius 2 is 2.10 bits per heavy atom. The van der Waals surface area contributed by atoms with E-state index in [-0.39, 0.29) is 11.9 Å². The molecule has 2 N–H and O–H groups in total. The van der Waals surface area contributed by atoms with Crippen molar-refractivity contribution in [2.75, 3.05) is 23.3 Å². The number of carbonyl (C=O) groups excluding carboxylic acids is 1. The van der Waals surface area contributed by atoms with Gasteiger partial charge in [0.25, 0.3) is 0 Å². The Balaban J connectivity index is 1.35. The molecule has 0 aliphatic carbocycles. The monoisotopic (exact) mass is 537 g/mol. The maximum absolute atomic E-state index is 11.8. The normalized spacial score (nSPS) is 15.5. The smallest absolute Gasteiger partial charge is 0.243 e. The molecule has 1 amide bonds. The van der Waals surface area contributed by atoms with Crippen molar-refractivity contribution in [1.82, 2.24) is 30.0 Å². The van der Waals surface area contributed by atoms with Crippen LogP contribution in [0.5, 0.6) is 5.75 Å². The third-order valence-corrected chi connectivity index (χ3v) is 6.74. The molecule has 11 heteroatoms. The highest BCUT2D eigenvalue weighted by Gasteiger charge is 2.21.